The minimum Gasteiger partial charge on any atom is -0.393 e. The maximum absolute atomic E-state index is 9.48. The minimum atomic E-state index is -2.21. The van der Waals surface area contributed by atoms with Crippen LogP contribution in [-0.2, 0) is 18.4 Å². The van der Waals surface area contributed by atoms with Crippen LogP contribution in [0.25, 0.3) is 0 Å². The number of isocyanates is 1. The summed E-state index contributed by atoms with van der Waals surface area (Å²) in [6.45, 7) is 14.5. The number of rotatable bonds is 9. The first kappa shape index (κ1) is 23.5. The first-order valence-electron chi connectivity index (χ1n) is 9.50. The summed E-state index contributed by atoms with van der Waals surface area (Å²) in [5.41, 5.74) is 0. The van der Waals surface area contributed by atoms with Crippen molar-refractivity contribution in [3.05, 3.63) is 0 Å². The molecule has 1 rings (SSSR count). The van der Waals surface area contributed by atoms with E-state index in [1.807, 2.05) is 13.8 Å². The number of hydrogen-bond donors (Lipinski definition) is 0. The molecule has 0 aromatic rings. The fourth-order valence-corrected chi connectivity index (χ4v) is 7.75. The van der Waals surface area contributed by atoms with Crippen LogP contribution in [0.15, 0.2) is 4.99 Å². The lowest BCUT2D eigenvalue weighted by Crippen LogP contribution is -2.65. The largest absolute Gasteiger partial charge is 0.393 e. The normalized spacial score (nSPS) is 23.6. The Morgan fingerprint density at radius 1 is 1.08 bits per heavy atom. The lowest BCUT2D eigenvalue weighted by Gasteiger charge is -2.49. The summed E-state index contributed by atoms with van der Waals surface area (Å²) < 4.78 is 18.5. The van der Waals surface area contributed by atoms with Crippen LogP contribution in [0.1, 0.15) is 73.6 Å². The van der Waals surface area contributed by atoms with Crippen molar-refractivity contribution >= 4 is 14.6 Å². The van der Waals surface area contributed by atoms with Gasteiger partial charge in [-0.25, -0.2) is 9.79 Å². The van der Waals surface area contributed by atoms with Gasteiger partial charge in [-0.1, -0.05) is 26.7 Å². The zero-order valence-electron chi connectivity index (χ0n) is 16.5. The molecule has 1 heterocycles. The first-order valence-corrected chi connectivity index (χ1v) is 11.5. The predicted molar refractivity (Wildman–Crippen MR) is 100 cm³/mol. The molecule has 1 fully saturated rings. The van der Waals surface area contributed by atoms with E-state index in [0.29, 0.717) is 0 Å². The average Bonchev–Trinajstić information content (AvgIpc) is 2.58. The number of carbonyl (C=O) groups excluding carboxylic acids is 1. The second-order valence-corrected chi connectivity index (χ2v) is 9.58. The Hall–Kier alpha value is -0.523. The van der Waals surface area contributed by atoms with E-state index in [0.717, 1.165) is 45.1 Å². The lowest BCUT2D eigenvalue weighted by atomic mass is 10.1. The monoisotopic (exact) mass is 359 g/mol. The highest BCUT2D eigenvalue weighted by Crippen LogP contribution is 2.42. The fraction of sp³-hybridized carbons (Fsp3) is 0.944. The molecule has 1 saturated heterocycles. The zero-order valence-corrected chi connectivity index (χ0v) is 17.5. The van der Waals surface area contributed by atoms with Gasteiger partial charge in [-0.05, 0) is 53.0 Å². The van der Waals surface area contributed by atoms with Gasteiger partial charge in [0.25, 0.3) is 0 Å². The van der Waals surface area contributed by atoms with Crippen molar-refractivity contribution in [3.63, 3.8) is 0 Å². The first-order chi connectivity index (χ1) is 11.5. The lowest BCUT2D eigenvalue weighted by molar-refractivity contribution is -0.0426. The van der Waals surface area contributed by atoms with E-state index in [9.17, 15) is 4.79 Å². The summed E-state index contributed by atoms with van der Waals surface area (Å²) in [7, 11) is -2.21. The van der Waals surface area contributed by atoms with Crippen LogP contribution < -0.4 is 0 Å². The standard InChI is InChI=1S/C13H28O3Si.C5H9NO/c1-5-13(14-6-2)11-9-10-12-17(13,15-7-3)16-8-4;1-3-5(2)6-4-7/h5-12H2,1-4H3;5H,3H2,1-2H3. The summed E-state index contributed by atoms with van der Waals surface area (Å²) in [6.07, 6.45) is 6.98. The smallest absolute Gasteiger partial charge is 0.371 e. The second kappa shape index (κ2) is 12.8. The fourth-order valence-electron chi connectivity index (χ4n) is 3.29. The molecule has 0 saturated carbocycles. The van der Waals surface area contributed by atoms with Crippen LogP contribution in [-0.4, -0.2) is 45.7 Å². The molecule has 24 heavy (non-hydrogen) atoms. The van der Waals surface area contributed by atoms with E-state index < -0.39 is 8.56 Å². The summed E-state index contributed by atoms with van der Waals surface area (Å²) in [4.78, 5) is 12.9. The molecule has 1 aliphatic rings. The van der Waals surface area contributed by atoms with Gasteiger partial charge >= 0.3 is 8.56 Å². The van der Waals surface area contributed by atoms with Crippen molar-refractivity contribution in [2.45, 2.75) is 91.0 Å². The van der Waals surface area contributed by atoms with Crippen LogP contribution in [0.5, 0.6) is 0 Å². The zero-order chi connectivity index (χ0) is 18.5. The van der Waals surface area contributed by atoms with Gasteiger partial charge in [-0.3, -0.25) is 0 Å². The highest BCUT2D eigenvalue weighted by atomic mass is 28.4. The third-order valence-electron chi connectivity index (χ3n) is 4.64. The molecule has 0 spiro atoms. The van der Waals surface area contributed by atoms with Crippen molar-refractivity contribution in [1.82, 2.24) is 0 Å². The molecule has 0 aliphatic carbocycles. The molecule has 1 aliphatic heterocycles. The van der Waals surface area contributed by atoms with Crippen LogP contribution in [0.3, 0.4) is 0 Å². The molecule has 0 aromatic carbocycles. The molecule has 2 unspecified atom stereocenters. The molecule has 5 nitrogen and oxygen atoms in total. The molecule has 0 aromatic heterocycles. The average molecular weight is 360 g/mol. The molecule has 2 atom stereocenters. The Labute approximate surface area is 149 Å². The van der Waals surface area contributed by atoms with Gasteiger partial charge in [0, 0.05) is 19.8 Å². The van der Waals surface area contributed by atoms with E-state index in [2.05, 4.69) is 32.7 Å². The van der Waals surface area contributed by atoms with Gasteiger partial charge in [0.2, 0.25) is 6.08 Å². The quantitative estimate of drug-likeness (QED) is 0.345. The third kappa shape index (κ3) is 6.41. The Morgan fingerprint density at radius 2 is 1.71 bits per heavy atom. The van der Waals surface area contributed by atoms with Crippen molar-refractivity contribution in [2.24, 2.45) is 4.99 Å². The van der Waals surface area contributed by atoms with Crippen LogP contribution in [0, 0.1) is 0 Å². The van der Waals surface area contributed by atoms with E-state index in [-0.39, 0.29) is 11.3 Å². The Kier molecular flexibility index (Phi) is 12.5. The van der Waals surface area contributed by atoms with Gasteiger partial charge in [-0.2, -0.15) is 0 Å². The summed E-state index contributed by atoms with van der Waals surface area (Å²) in [5.74, 6) is 0. The number of ether oxygens (including phenoxy) is 1. The van der Waals surface area contributed by atoms with E-state index >= 15 is 0 Å². The molecular weight excluding hydrogens is 322 g/mol. The van der Waals surface area contributed by atoms with Gasteiger partial charge in [0.1, 0.15) is 5.22 Å². The maximum atomic E-state index is 9.48. The predicted octanol–water partition coefficient (Wildman–Crippen LogP) is 4.53. The Morgan fingerprint density at radius 3 is 2.08 bits per heavy atom. The highest BCUT2D eigenvalue weighted by molar-refractivity contribution is 6.70. The molecule has 0 amide bonds. The van der Waals surface area contributed by atoms with Gasteiger partial charge in [0.15, 0.2) is 0 Å². The molecular formula is C18H37NO4Si. The van der Waals surface area contributed by atoms with E-state index in [1.165, 1.54) is 18.9 Å². The molecule has 0 bridgehead atoms. The molecule has 142 valence electrons. The molecule has 0 N–H and O–H groups in total. The van der Waals surface area contributed by atoms with Crippen LogP contribution in [0.2, 0.25) is 6.04 Å². The van der Waals surface area contributed by atoms with Crippen molar-refractivity contribution < 1.29 is 18.4 Å². The molecule has 6 heteroatoms. The molecule has 0 radical (unpaired) electrons. The number of aliphatic imine (C=N–C) groups is 1. The number of nitrogens with zero attached hydrogens (tertiary/aromatic N) is 1. The minimum absolute atomic E-state index is 0.119. The van der Waals surface area contributed by atoms with Gasteiger partial charge < -0.3 is 13.6 Å². The second-order valence-electron chi connectivity index (χ2n) is 6.08. The Balaban J connectivity index is 0.000000640. The summed E-state index contributed by atoms with van der Waals surface area (Å²) in [5, 5.41) is -0.119. The van der Waals surface area contributed by atoms with Gasteiger partial charge in [0.05, 0.1) is 6.04 Å². The highest BCUT2D eigenvalue weighted by Gasteiger charge is 2.58. The van der Waals surface area contributed by atoms with Crippen molar-refractivity contribution in [2.75, 3.05) is 19.8 Å². The van der Waals surface area contributed by atoms with Crippen molar-refractivity contribution in [3.8, 4) is 0 Å². The van der Waals surface area contributed by atoms with Crippen LogP contribution >= 0.6 is 0 Å². The third-order valence-corrected chi connectivity index (χ3v) is 9.30. The topological polar surface area (TPSA) is 57.1 Å². The SMILES string of the molecule is CCC(C)N=C=O.CCOC1(CC)CCCC[Si]1(OCC)OCC. The summed E-state index contributed by atoms with van der Waals surface area (Å²) in [6, 6.07) is 1.24. The summed E-state index contributed by atoms with van der Waals surface area (Å²) >= 11 is 0. The van der Waals surface area contributed by atoms with E-state index in [1.54, 1.807) is 0 Å². The Bertz CT molecular complexity index is 359. The van der Waals surface area contributed by atoms with E-state index in [4.69, 9.17) is 13.6 Å². The van der Waals surface area contributed by atoms with Crippen LogP contribution in [0.4, 0.5) is 0 Å². The number of hydrogen-bond acceptors (Lipinski definition) is 5. The van der Waals surface area contributed by atoms with Crippen molar-refractivity contribution in [1.29, 1.82) is 0 Å². The maximum Gasteiger partial charge on any atom is 0.371 e. The van der Waals surface area contributed by atoms with Gasteiger partial charge in [-0.15, -0.1) is 0 Å².